The van der Waals surface area contributed by atoms with Gasteiger partial charge in [-0.15, -0.1) is 0 Å². The molecule has 0 saturated heterocycles. The number of ether oxygens (including phenoxy) is 1. The molecular weight excluding hydrogens is 316 g/mol. The number of carbonyl (C=O) groups excluding carboxylic acids is 2. The van der Waals surface area contributed by atoms with E-state index in [1.807, 2.05) is 13.0 Å². The van der Waals surface area contributed by atoms with Crippen molar-refractivity contribution in [1.82, 2.24) is 0 Å². The molecule has 1 atom stereocenters. The van der Waals surface area contributed by atoms with Gasteiger partial charge >= 0.3 is 5.97 Å². The number of rotatable bonds is 5. The molecule has 0 N–H and O–H groups in total. The van der Waals surface area contributed by atoms with Crippen LogP contribution < -0.4 is 0 Å². The summed E-state index contributed by atoms with van der Waals surface area (Å²) < 4.78 is 10.8. The summed E-state index contributed by atoms with van der Waals surface area (Å²) >= 11 is 0. The van der Waals surface area contributed by atoms with Crippen LogP contribution in [0.15, 0.2) is 22.6 Å². The van der Waals surface area contributed by atoms with E-state index in [1.165, 1.54) is 25.3 Å². The van der Waals surface area contributed by atoms with Crippen LogP contribution in [0.5, 0.6) is 0 Å². The standard InChI is InChI=1S/C21H26O4/c1-13-3-4-18(24-13)5-6-19(22)25-14(2)20(23)21-10-15-7-16(11-21)9-17(8-15)12-21/h3-6,14-17H,7-12H2,1-2H3. The minimum atomic E-state index is -0.674. The average molecular weight is 342 g/mol. The lowest BCUT2D eigenvalue weighted by Gasteiger charge is -2.56. The molecule has 4 saturated carbocycles. The predicted molar refractivity (Wildman–Crippen MR) is 93.6 cm³/mol. The van der Waals surface area contributed by atoms with Crippen molar-refractivity contribution in [1.29, 1.82) is 0 Å². The maximum atomic E-state index is 13.1. The molecule has 1 aromatic heterocycles. The van der Waals surface area contributed by atoms with E-state index >= 15 is 0 Å². The van der Waals surface area contributed by atoms with E-state index in [1.54, 1.807) is 19.1 Å². The summed E-state index contributed by atoms with van der Waals surface area (Å²) in [6, 6.07) is 3.63. The molecule has 0 radical (unpaired) electrons. The Labute approximate surface area is 148 Å². The van der Waals surface area contributed by atoms with Crippen molar-refractivity contribution in [3.8, 4) is 0 Å². The van der Waals surface area contributed by atoms with Gasteiger partial charge in [-0.1, -0.05) is 0 Å². The molecule has 5 rings (SSSR count). The Morgan fingerprint density at radius 2 is 1.76 bits per heavy atom. The molecule has 4 heteroatoms. The third-order valence-corrected chi connectivity index (χ3v) is 6.37. The number of Topliss-reactive ketones (excluding diaryl/α,β-unsaturated/α-hetero) is 1. The van der Waals surface area contributed by atoms with Crippen molar-refractivity contribution < 1.29 is 18.7 Å². The molecule has 1 unspecified atom stereocenters. The fourth-order valence-corrected chi connectivity index (χ4v) is 5.80. The summed E-state index contributed by atoms with van der Waals surface area (Å²) in [5.41, 5.74) is -0.226. The lowest BCUT2D eigenvalue weighted by molar-refractivity contribution is -0.162. The summed E-state index contributed by atoms with van der Waals surface area (Å²) in [5.74, 6) is 3.18. The summed E-state index contributed by atoms with van der Waals surface area (Å²) in [6.07, 6.45) is 9.14. The molecule has 4 bridgehead atoms. The first-order valence-electron chi connectivity index (χ1n) is 9.43. The van der Waals surface area contributed by atoms with Gasteiger partial charge in [0.1, 0.15) is 11.5 Å². The number of furan rings is 1. The molecular formula is C21H26O4. The second kappa shape index (κ2) is 6.15. The van der Waals surface area contributed by atoms with Crippen LogP contribution in [-0.4, -0.2) is 17.9 Å². The highest BCUT2D eigenvalue weighted by molar-refractivity contribution is 5.93. The number of hydrogen-bond acceptors (Lipinski definition) is 4. The van der Waals surface area contributed by atoms with Crippen LogP contribution in [-0.2, 0) is 14.3 Å². The second-order valence-corrected chi connectivity index (χ2v) is 8.42. The number of carbonyl (C=O) groups is 2. The van der Waals surface area contributed by atoms with E-state index in [9.17, 15) is 9.59 Å². The number of esters is 1. The van der Waals surface area contributed by atoms with Gasteiger partial charge in [0.15, 0.2) is 11.9 Å². The zero-order valence-corrected chi connectivity index (χ0v) is 15.0. The van der Waals surface area contributed by atoms with Crippen molar-refractivity contribution in [3.05, 3.63) is 29.7 Å². The van der Waals surface area contributed by atoms with Gasteiger partial charge in [-0.05, 0) is 88.3 Å². The smallest absolute Gasteiger partial charge is 0.331 e. The van der Waals surface area contributed by atoms with Crippen LogP contribution in [0, 0.1) is 30.1 Å². The van der Waals surface area contributed by atoms with Gasteiger partial charge in [-0.2, -0.15) is 0 Å². The van der Waals surface area contributed by atoms with Crippen LogP contribution >= 0.6 is 0 Å². The topological polar surface area (TPSA) is 56.5 Å². The zero-order valence-electron chi connectivity index (χ0n) is 15.0. The Hall–Kier alpha value is -1.84. The maximum Gasteiger partial charge on any atom is 0.331 e. The quantitative estimate of drug-likeness (QED) is 0.591. The molecule has 0 aromatic carbocycles. The lowest BCUT2D eigenvalue weighted by atomic mass is 9.48. The van der Waals surface area contributed by atoms with Gasteiger partial charge in [0, 0.05) is 11.5 Å². The molecule has 1 heterocycles. The molecule has 4 aliphatic rings. The van der Waals surface area contributed by atoms with Crippen molar-refractivity contribution in [2.24, 2.45) is 23.2 Å². The highest BCUT2D eigenvalue weighted by atomic mass is 16.5. The highest BCUT2D eigenvalue weighted by Gasteiger charge is 2.55. The molecule has 0 amide bonds. The predicted octanol–water partition coefficient (Wildman–Crippen LogP) is 4.32. The first-order chi connectivity index (χ1) is 11.9. The van der Waals surface area contributed by atoms with E-state index < -0.39 is 12.1 Å². The molecule has 0 aliphatic heterocycles. The van der Waals surface area contributed by atoms with E-state index in [4.69, 9.17) is 9.15 Å². The molecule has 0 spiro atoms. The Kier molecular flexibility index (Phi) is 4.09. The number of aryl methyl sites for hydroxylation is 1. The van der Waals surface area contributed by atoms with Crippen molar-refractivity contribution >= 4 is 17.8 Å². The van der Waals surface area contributed by atoms with E-state index in [0.29, 0.717) is 23.5 Å². The molecule has 4 aliphatic carbocycles. The SMILES string of the molecule is Cc1ccc(C=CC(=O)OC(C)C(=O)C23CC4CC(CC(C4)C2)C3)o1. The molecule has 25 heavy (non-hydrogen) atoms. The molecule has 4 nitrogen and oxygen atoms in total. The molecule has 134 valence electrons. The average Bonchev–Trinajstić information content (AvgIpc) is 2.96. The summed E-state index contributed by atoms with van der Waals surface area (Å²) in [7, 11) is 0. The fraction of sp³-hybridized carbons (Fsp3) is 0.619. The van der Waals surface area contributed by atoms with E-state index in [-0.39, 0.29) is 11.2 Å². The minimum absolute atomic E-state index is 0.141. The molecule has 1 aromatic rings. The summed E-state index contributed by atoms with van der Waals surface area (Å²) in [6.45, 7) is 3.57. The summed E-state index contributed by atoms with van der Waals surface area (Å²) in [4.78, 5) is 25.2. The number of ketones is 1. The Balaban J connectivity index is 1.39. The largest absolute Gasteiger partial charge is 0.462 e. The van der Waals surface area contributed by atoms with Crippen molar-refractivity contribution in [2.75, 3.05) is 0 Å². The normalized spacial score (nSPS) is 34.4. The number of hydrogen-bond donors (Lipinski definition) is 0. The highest BCUT2D eigenvalue weighted by Crippen LogP contribution is 2.60. The van der Waals surface area contributed by atoms with Gasteiger partial charge in [0.25, 0.3) is 0 Å². The van der Waals surface area contributed by atoms with Gasteiger partial charge < -0.3 is 9.15 Å². The lowest BCUT2D eigenvalue weighted by Crippen LogP contribution is -2.52. The second-order valence-electron chi connectivity index (χ2n) is 8.42. The van der Waals surface area contributed by atoms with Crippen molar-refractivity contribution in [2.45, 2.75) is 58.5 Å². The fourth-order valence-electron chi connectivity index (χ4n) is 5.80. The van der Waals surface area contributed by atoms with Crippen molar-refractivity contribution in [3.63, 3.8) is 0 Å². The summed E-state index contributed by atoms with van der Waals surface area (Å²) in [5, 5.41) is 0. The van der Waals surface area contributed by atoms with Crippen LogP contribution in [0.1, 0.15) is 57.0 Å². The Morgan fingerprint density at radius 3 is 2.28 bits per heavy atom. The maximum absolute atomic E-state index is 13.1. The van der Waals surface area contributed by atoms with Crippen LogP contribution in [0.25, 0.3) is 6.08 Å². The zero-order chi connectivity index (χ0) is 17.6. The van der Waals surface area contributed by atoms with Crippen LogP contribution in [0.4, 0.5) is 0 Å². The van der Waals surface area contributed by atoms with E-state index in [2.05, 4.69) is 0 Å². The van der Waals surface area contributed by atoms with Gasteiger partial charge in [-0.3, -0.25) is 4.79 Å². The third kappa shape index (κ3) is 3.19. The van der Waals surface area contributed by atoms with E-state index in [0.717, 1.165) is 25.0 Å². The van der Waals surface area contributed by atoms with Gasteiger partial charge in [0.05, 0.1) is 0 Å². The minimum Gasteiger partial charge on any atom is -0.462 e. The van der Waals surface area contributed by atoms with Crippen LogP contribution in [0.3, 0.4) is 0 Å². The molecule has 4 fully saturated rings. The third-order valence-electron chi connectivity index (χ3n) is 6.37. The van der Waals surface area contributed by atoms with Crippen LogP contribution in [0.2, 0.25) is 0 Å². The monoisotopic (exact) mass is 342 g/mol. The van der Waals surface area contributed by atoms with Gasteiger partial charge in [-0.25, -0.2) is 4.79 Å². The first-order valence-corrected chi connectivity index (χ1v) is 9.43. The Bertz CT molecular complexity index is 676. The van der Waals surface area contributed by atoms with Gasteiger partial charge in [0.2, 0.25) is 0 Å². The Morgan fingerprint density at radius 1 is 1.16 bits per heavy atom. The first kappa shape index (κ1) is 16.6.